The molecule has 8 heteroatoms. The fourth-order valence-corrected chi connectivity index (χ4v) is 4.61. The predicted molar refractivity (Wildman–Crippen MR) is 134 cm³/mol. The summed E-state index contributed by atoms with van der Waals surface area (Å²) in [5.74, 6) is -0.704. The van der Waals surface area contributed by atoms with Gasteiger partial charge < -0.3 is 24.3 Å². The summed E-state index contributed by atoms with van der Waals surface area (Å²) in [5, 5.41) is 2.63. The Morgan fingerprint density at radius 3 is 2.17 bits per heavy atom. The van der Waals surface area contributed by atoms with Gasteiger partial charge in [-0.1, -0.05) is 39.0 Å². The van der Waals surface area contributed by atoms with Crippen molar-refractivity contribution in [1.29, 1.82) is 0 Å². The van der Waals surface area contributed by atoms with Crippen LogP contribution in [0.5, 0.6) is 5.75 Å². The van der Waals surface area contributed by atoms with Crippen LogP contribution in [0.4, 0.5) is 0 Å². The summed E-state index contributed by atoms with van der Waals surface area (Å²) in [4.78, 5) is 35.8. The molecule has 0 aliphatic carbocycles. The van der Waals surface area contributed by atoms with E-state index >= 15 is 0 Å². The van der Waals surface area contributed by atoms with Gasteiger partial charge in [0.15, 0.2) is 0 Å². The highest BCUT2D eigenvalue weighted by Crippen LogP contribution is 2.36. The first kappa shape index (κ1) is 27.2. The summed E-state index contributed by atoms with van der Waals surface area (Å²) in [7, 11) is 1.60. The summed E-state index contributed by atoms with van der Waals surface area (Å²) in [6.45, 7) is 10.5. The summed E-state index contributed by atoms with van der Waals surface area (Å²) in [5.41, 5.74) is 3.20. The second-order valence-electron chi connectivity index (χ2n) is 9.48. The van der Waals surface area contributed by atoms with Crippen molar-refractivity contribution in [2.75, 3.05) is 7.05 Å². The van der Waals surface area contributed by atoms with Crippen molar-refractivity contribution in [3.05, 3.63) is 53.6 Å². The zero-order valence-corrected chi connectivity index (χ0v) is 21.9. The van der Waals surface area contributed by atoms with Crippen LogP contribution in [0.15, 0.2) is 42.5 Å². The third kappa shape index (κ3) is 6.23. The Bertz CT molecular complexity index is 1110. The fourth-order valence-electron chi connectivity index (χ4n) is 4.61. The number of benzene rings is 2. The molecule has 1 fully saturated rings. The molecule has 36 heavy (non-hydrogen) atoms. The van der Waals surface area contributed by atoms with E-state index in [0.29, 0.717) is 11.3 Å². The monoisotopic (exact) mass is 497 g/mol. The first-order chi connectivity index (χ1) is 17.0. The van der Waals surface area contributed by atoms with E-state index in [1.807, 2.05) is 64.1 Å². The molecule has 0 unspecified atom stereocenters. The van der Waals surface area contributed by atoms with E-state index in [9.17, 15) is 14.4 Å². The molecule has 0 spiro atoms. The minimum atomic E-state index is -0.969. The number of hydrogen-bond acceptors (Lipinski definition) is 7. The Hall–Kier alpha value is -3.39. The van der Waals surface area contributed by atoms with Crippen LogP contribution < -0.4 is 10.1 Å². The zero-order valence-electron chi connectivity index (χ0n) is 21.9. The van der Waals surface area contributed by atoms with Crippen LogP contribution in [0.2, 0.25) is 0 Å². The average molecular weight is 498 g/mol. The van der Waals surface area contributed by atoms with Crippen molar-refractivity contribution in [3.8, 4) is 16.9 Å². The molecule has 0 aromatic heterocycles. The van der Waals surface area contributed by atoms with Crippen LogP contribution in [0.1, 0.15) is 50.5 Å². The number of aryl methyl sites for hydroxylation is 1. The van der Waals surface area contributed by atoms with Crippen LogP contribution >= 0.6 is 0 Å². The van der Waals surface area contributed by atoms with Crippen molar-refractivity contribution < 1.29 is 33.3 Å². The van der Waals surface area contributed by atoms with Gasteiger partial charge in [0.2, 0.25) is 12.4 Å². The van der Waals surface area contributed by atoms with E-state index in [-0.39, 0.29) is 23.8 Å². The highest BCUT2D eigenvalue weighted by molar-refractivity contribution is 5.95. The van der Waals surface area contributed by atoms with Crippen LogP contribution in [-0.4, -0.2) is 49.5 Å². The summed E-state index contributed by atoms with van der Waals surface area (Å²) in [6, 6.07) is 13.0. The Balaban J connectivity index is 1.92. The van der Waals surface area contributed by atoms with E-state index in [4.69, 9.17) is 18.9 Å². The average Bonchev–Trinajstić information content (AvgIpc) is 2.82. The molecule has 0 bridgehead atoms. The normalized spacial score (nSPS) is 23.6. The smallest absolute Gasteiger partial charge is 0.303 e. The number of rotatable bonds is 7. The van der Waals surface area contributed by atoms with Gasteiger partial charge >= 0.3 is 11.9 Å². The molecule has 0 saturated carbocycles. The maximum atomic E-state index is 12.0. The molecule has 2 aromatic rings. The lowest BCUT2D eigenvalue weighted by molar-refractivity contribution is -0.273. The Kier molecular flexibility index (Phi) is 8.74. The van der Waals surface area contributed by atoms with Crippen LogP contribution in [0.3, 0.4) is 0 Å². The number of esters is 2. The lowest BCUT2D eigenvalue weighted by atomic mass is 9.84. The number of carbonyl (C=O) groups is 3. The number of ether oxygens (including phenoxy) is 4. The number of nitrogens with one attached hydrogen (secondary N) is 1. The van der Waals surface area contributed by atoms with E-state index in [0.717, 1.165) is 16.7 Å². The highest BCUT2D eigenvalue weighted by atomic mass is 16.7. The minimum absolute atomic E-state index is 0.110. The van der Waals surface area contributed by atoms with E-state index < -0.39 is 30.4 Å². The Labute approximate surface area is 212 Å². The van der Waals surface area contributed by atoms with Gasteiger partial charge in [0.25, 0.3) is 5.91 Å². The lowest BCUT2D eigenvalue weighted by Gasteiger charge is -2.45. The van der Waals surface area contributed by atoms with Crippen molar-refractivity contribution in [2.45, 2.75) is 66.1 Å². The summed E-state index contributed by atoms with van der Waals surface area (Å²) in [6.07, 6.45) is -2.90. The molecular formula is C28H35NO7. The van der Waals surface area contributed by atoms with Gasteiger partial charge in [0.1, 0.15) is 11.9 Å². The van der Waals surface area contributed by atoms with Gasteiger partial charge in [-0.2, -0.15) is 0 Å². The van der Waals surface area contributed by atoms with E-state index in [2.05, 4.69) is 5.32 Å². The molecule has 1 aliphatic heterocycles. The molecule has 2 aromatic carbocycles. The predicted octanol–water partition coefficient (Wildman–Crippen LogP) is 4.28. The Morgan fingerprint density at radius 1 is 0.944 bits per heavy atom. The van der Waals surface area contributed by atoms with Crippen molar-refractivity contribution in [1.82, 2.24) is 5.32 Å². The van der Waals surface area contributed by atoms with Crippen LogP contribution in [0, 0.1) is 18.8 Å². The standard InChI is InChI=1S/C28H35NO7/c1-15(2)24-17(4)25(33-18(5)30)26(34-19(6)31)28(36-24)35-23-12-11-21(13-16(23)3)20-9-8-10-22(14-20)27(32)29-7/h8-15,17,24-26,28H,1-7H3,(H,29,32)/t17-,24-,25+,26+,28+/m1/s1. The maximum Gasteiger partial charge on any atom is 0.303 e. The summed E-state index contributed by atoms with van der Waals surface area (Å²) < 4.78 is 23.7. The van der Waals surface area contributed by atoms with Crippen LogP contribution in [0.25, 0.3) is 11.1 Å². The molecule has 1 aliphatic rings. The first-order valence-corrected chi connectivity index (χ1v) is 12.1. The molecule has 1 N–H and O–H groups in total. The largest absolute Gasteiger partial charge is 0.460 e. The number of hydrogen-bond donors (Lipinski definition) is 1. The molecular weight excluding hydrogens is 462 g/mol. The van der Waals surface area contributed by atoms with Crippen molar-refractivity contribution >= 4 is 17.8 Å². The third-order valence-corrected chi connectivity index (χ3v) is 6.28. The molecule has 5 atom stereocenters. The van der Waals surface area contributed by atoms with Gasteiger partial charge in [-0.25, -0.2) is 0 Å². The first-order valence-electron chi connectivity index (χ1n) is 12.1. The van der Waals surface area contributed by atoms with Crippen molar-refractivity contribution in [3.63, 3.8) is 0 Å². The highest BCUT2D eigenvalue weighted by Gasteiger charge is 2.50. The molecule has 8 nitrogen and oxygen atoms in total. The molecule has 1 saturated heterocycles. The maximum absolute atomic E-state index is 12.0. The SMILES string of the molecule is CNC(=O)c1cccc(-c2ccc(O[C@H]3O[C@H](C(C)C)[C@@H](C)[C@H](OC(C)=O)[C@@H]3OC(C)=O)c(C)c2)c1. The fraction of sp³-hybridized carbons (Fsp3) is 0.464. The number of carbonyl (C=O) groups excluding carboxylic acids is 3. The second-order valence-corrected chi connectivity index (χ2v) is 9.48. The van der Waals surface area contributed by atoms with Gasteiger partial charge in [0, 0.05) is 32.4 Å². The number of amides is 1. The topological polar surface area (TPSA) is 100 Å². The molecule has 3 rings (SSSR count). The van der Waals surface area contributed by atoms with Crippen molar-refractivity contribution in [2.24, 2.45) is 11.8 Å². The van der Waals surface area contributed by atoms with E-state index in [1.165, 1.54) is 13.8 Å². The lowest BCUT2D eigenvalue weighted by Crippen LogP contribution is -2.59. The molecule has 1 heterocycles. The quantitative estimate of drug-likeness (QED) is 0.570. The van der Waals surface area contributed by atoms with Gasteiger partial charge in [0.05, 0.1) is 6.10 Å². The summed E-state index contributed by atoms with van der Waals surface area (Å²) >= 11 is 0. The molecule has 194 valence electrons. The second kappa shape index (κ2) is 11.6. The van der Waals surface area contributed by atoms with Gasteiger partial charge in [-0.15, -0.1) is 0 Å². The van der Waals surface area contributed by atoms with Gasteiger partial charge in [-0.3, -0.25) is 14.4 Å². The third-order valence-electron chi connectivity index (χ3n) is 6.28. The zero-order chi connectivity index (χ0) is 26.6. The van der Waals surface area contributed by atoms with E-state index in [1.54, 1.807) is 13.1 Å². The van der Waals surface area contributed by atoms with Crippen LogP contribution in [-0.2, 0) is 23.8 Å². The minimum Gasteiger partial charge on any atom is -0.460 e. The Morgan fingerprint density at radius 2 is 1.58 bits per heavy atom. The molecule has 0 radical (unpaired) electrons. The van der Waals surface area contributed by atoms with Gasteiger partial charge in [-0.05, 0) is 53.8 Å². The molecule has 1 amide bonds.